The lowest BCUT2D eigenvalue weighted by molar-refractivity contribution is -0.123. The van der Waals surface area contributed by atoms with E-state index in [1.54, 1.807) is 48.5 Å². The van der Waals surface area contributed by atoms with Crippen molar-refractivity contribution in [2.45, 2.75) is 6.54 Å². The number of hydrogen-bond donors (Lipinski definition) is 1. The summed E-state index contributed by atoms with van der Waals surface area (Å²) in [6.07, 6.45) is 5.41. The minimum absolute atomic E-state index is 0.0481. The fourth-order valence-electron chi connectivity index (χ4n) is 2.33. The summed E-state index contributed by atoms with van der Waals surface area (Å²) in [5, 5.41) is 6.94. The number of pyridine rings is 1. The van der Waals surface area contributed by atoms with Gasteiger partial charge < -0.3 is 14.8 Å². The Balaban J connectivity index is 1.46. The highest BCUT2D eigenvalue weighted by atomic mass is 16.5. The van der Waals surface area contributed by atoms with Crippen LogP contribution in [-0.4, -0.2) is 34.4 Å². The number of amides is 1. The predicted molar refractivity (Wildman–Crippen MR) is 96.8 cm³/mol. The predicted octanol–water partition coefficient (Wildman–Crippen LogP) is 2.19. The van der Waals surface area contributed by atoms with Crippen molar-refractivity contribution in [3.63, 3.8) is 0 Å². The van der Waals surface area contributed by atoms with Crippen LogP contribution >= 0.6 is 0 Å². The average molecular weight is 352 g/mol. The molecule has 7 heteroatoms. The van der Waals surface area contributed by atoms with Gasteiger partial charge in [-0.3, -0.25) is 14.5 Å². The summed E-state index contributed by atoms with van der Waals surface area (Å²) in [7, 11) is 3.46. The van der Waals surface area contributed by atoms with Crippen LogP contribution in [0.15, 0.2) is 55.0 Å². The van der Waals surface area contributed by atoms with Gasteiger partial charge in [0, 0.05) is 31.5 Å². The number of carbonyl (C=O) groups is 1. The van der Waals surface area contributed by atoms with Crippen molar-refractivity contribution >= 4 is 5.91 Å². The first-order valence-electron chi connectivity index (χ1n) is 8.11. The zero-order valence-electron chi connectivity index (χ0n) is 14.7. The Labute approximate surface area is 151 Å². The molecule has 0 aliphatic carbocycles. The first kappa shape index (κ1) is 17.5. The molecule has 3 aromatic rings. The summed E-state index contributed by atoms with van der Waals surface area (Å²) in [6, 6.07) is 10.9. The molecule has 2 aromatic heterocycles. The van der Waals surface area contributed by atoms with Gasteiger partial charge in [0.1, 0.15) is 11.5 Å². The van der Waals surface area contributed by atoms with Crippen LogP contribution in [0, 0.1) is 0 Å². The van der Waals surface area contributed by atoms with Crippen LogP contribution in [0.4, 0.5) is 0 Å². The summed E-state index contributed by atoms with van der Waals surface area (Å²) < 4.78 is 12.2. The van der Waals surface area contributed by atoms with Crippen molar-refractivity contribution in [1.29, 1.82) is 0 Å². The normalized spacial score (nSPS) is 10.4. The van der Waals surface area contributed by atoms with Crippen LogP contribution in [0.5, 0.6) is 11.5 Å². The molecule has 0 spiro atoms. The van der Waals surface area contributed by atoms with E-state index in [9.17, 15) is 4.79 Å². The van der Waals surface area contributed by atoms with Crippen molar-refractivity contribution in [2.75, 3.05) is 13.7 Å². The maximum absolute atomic E-state index is 11.9. The quantitative estimate of drug-likeness (QED) is 0.705. The van der Waals surface area contributed by atoms with Crippen LogP contribution in [0.1, 0.15) is 5.56 Å². The van der Waals surface area contributed by atoms with E-state index in [1.165, 1.54) is 0 Å². The molecular formula is C19H20N4O3. The van der Waals surface area contributed by atoms with Crippen LogP contribution < -0.4 is 14.8 Å². The molecular weight excluding hydrogens is 332 g/mol. The highest BCUT2D eigenvalue weighted by molar-refractivity contribution is 5.77. The van der Waals surface area contributed by atoms with E-state index in [0.717, 1.165) is 22.6 Å². The molecule has 0 bridgehead atoms. The molecule has 0 saturated heterocycles. The maximum Gasteiger partial charge on any atom is 0.258 e. The van der Waals surface area contributed by atoms with Crippen LogP contribution in [0.25, 0.3) is 11.3 Å². The molecule has 134 valence electrons. The molecule has 26 heavy (non-hydrogen) atoms. The van der Waals surface area contributed by atoms with Crippen molar-refractivity contribution in [3.05, 3.63) is 60.6 Å². The van der Waals surface area contributed by atoms with Gasteiger partial charge in [-0.2, -0.15) is 5.10 Å². The van der Waals surface area contributed by atoms with Crippen LogP contribution in [-0.2, 0) is 18.4 Å². The molecule has 0 atom stereocenters. The van der Waals surface area contributed by atoms with Gasteiger partial charge in [0.2, 0.25) is 0 Å². The van der Waals surface area contributed by atoms with Gasteiger partial charge in [0.15, 0.2) is 6.61 Å². The molecule has 0 saturated carbocycles. The highest BCUT2D eigenvalue weighted by Gasteiger charge is 2.05. The van der Waals surface area contributed by atoms with E-state index in [2.05, 4.69) is 15.4 Å². The third-order valence-corrected chi connectivity index (χ3v) is 3.74. The van der Waals surface area contributed by atoms with Gasteiger partial charge in [-0.25, -0.2) is 0 Å². The molecule has 7 nitrogen and oxygen atoms in total. The molecule has 1 aromatic carbocycles. The number of hydrogen-bond acceptors (Lipinski definition) is 5. The average Bonchev–Trinajstić information content (AvgIpc) is 3.12. The summed E-state index contributed by atoms with van der Waals surface area (Å²) in [6.45, 7) is 0.346. The Hall–Kier alpha value is -3.35. The number of benzene rings is 1. The first-order chi connectivity index (χ1) is 12.6. The third kappa shape index (κ3) is 4.60. The minimum Gasteiger partial charge on any atom is -0.497 e. The molecule has 0 radical (unpaired) electrons. The molecule has 3 rings (SSSR count). The first-order valence-corrected chi connectivity index (χ1v) is 8.11. The van der Waals surface area contributed by atoms with E-state index in [0.29, 0.717) is 12.3 Å². The van der Waals surface area contributed by atoms with Crippen LogP contribution in [0.2, 0.25) is 0 Å². The Morgan fingerprint density at radius 1 is 1.12 bits per heavy atom. The van der Waals surface area contributed by atoms with Gasteiger partial charge in [-0.05, 0) is 35.9 Å². The largest absolute Gasteiger partial charge is 0.497 e. The number of carbonyl (C=O) groups excluding carboxylic acids is 1. The molecule has 2 heterocycles. The van der Waals surface area contributed by atoms with Crippen molar-refractivity contribution in [1.82, 2.24) is 20.1 Å². The Bertz CT molecular complexity index is 857. The summed E-state index contributed by atoms with van der Waals surface area (Å²) in [5.41, 5.74) is 2.71. The zero-order chi connectivity index (χ0) is 18.4. The maximum atomic E-state index is 11.9. The van der Waals surface area contributed by atoms with Gasteiger partial charge in [-0.15, -0.1) is 0 Å². The standard InChI is InChI=1S/C19H20N4O3/c1-23-12-15(11-22-23)18-8-3-14(9-20-18)10-21-19(24)13-26-17-6-4-16(25-2)5-7-17/h3-9,11-12H,10,13H2,1-2H3,(H,21,24). The van der Waals surface area contributed by atoms with Gasteiger partial charge in [-0.1, -0.05) is 6.07 Å². The fraction of sp³-hybridized carbons (Fsp3) is 0.211. The number of ether oxygens (including phenoxy) is 2. The molecule has 0 aliphatic heterocycles. The number of nitrogens with zero attached hydrogens (tertiary/aromatic N) is 3. The van der Waals surface area contributed by atoms with E-state index in [4.69, 9.17) is 9.47 Å². The molecule has 0 fully saturated rings. The minimum atomic E-state index is -0.197. The van der Waals surface area contributed by atoms with Crippen LogP contribution in [0.3, 0.4) is 0 Å². The highest BCUT2D eigenvalue weighted by Crippen LogP contribution is 2.17. The van der Waals surface area contributed by atoms with E-state index >= 15 is 0 Å². The lowest BCUT2D eigenvalue weighted by Gasteiger charge is -2.08. The lowest BCUT2D eigenvalue weighted by atomic mass is 10.2. The Kier molecular flexibility index (Phi) is 5.48. The second-order valence-electron chi connectivity index (χ2n) is 5.70. The van der Waals surface area contributed by atoms with Crippen molar-refractivity contribution in [3.8, 4) is 22.8 Å². The number of methoxy groups -OCH3 is 1. The second kappa shape index (κ2) is 8.15. The number of aryl methyl sites for hydroxylation is 1. The Morgan fingerprint density at radius 3 is 2.50 bits per heavy atom. The Morgan fingerprint density at radius 2 is 1.88 bits per heavy atom. The number of rotatable bonds is 7. The van der Waals surface area contributed by atoms with Crippen molar-refractivity contribution < 1.29 is 14.3 Å². The zero-order valence-corrected chi connectivity index (χ0v) is 14.7. The smallest absolute Gasteiger partial charge is 0.258 e. The van der Waals surface area contributed by atoms with Gasteiger partial charge in [0.25, 0.3) is 5.91 Å². The van der Waals surface area contributed by atoms with E-state index in [-0.39, 0.29) is 12.5 Å². The summed E-state index contributed by atoms with van der Waals surface area (Å²) in [4.78, 5) is 16.3. The third-order valence-electron chi connectivity index (χ3n) is 3.74. The summed E-state index contributed by atoms with van der Waals surface area (Å²) in [5.74, 6) is 1.16. The molecule has 0 unspecified atom stereocenters. The van der Waals surface area contributed by atoms with Gasteiger partial charge >= 0.3 is 0 Å². The monoisotopic (exact) mass is 352 g/mol. The summed E-state index contributed by atoms with van der Waals surface area (Å²) >= 11 is 0. The molecule has 0 aliphatic rings. The SMILES string of the molecule is COc1ccc(OCC(=O)NCc2ccc(-c3cnn(C)c3)nc2)cc1. The lowest BCUT2D eigenvalue weighted by Crippen LogP contribution is -2.28. The van der Waals surface area contributed by atoms with E-state index in [1.807, 2.05) is 25.4 Å². The van der Waals surface area contributed by atoms with Gasteiger partial charge in [0.05, 0.1) is 19.0 Å². The van der Waals surface area contributed by atoms with Crippen molar-refractivity contribution in [2.24, 2.45) is 7.05 Å². The molecule has 1 N–H and O–H groups in total. The topological polar surface area (TPSA) is 78.3 Å². The number of aromatic nitrogens is 3. The fourth-order valence-corrected chi connectivity index (χ4v) is 2.33. The van der Waals surface area contributed by atoms with E-state index < -0.39 is 0 Å². The molecule has 1 amide bonds. The second-order valence-corrected chi connectivity index (χ2v) is 5.70. The number of nitrogens with one attached hydrogen (secondary N) is 1.